The Hall–Kier alpha value is -1.59. The molecule has 0 aromatic rings. The fourth-order valence-corrected chi connectivity index (χ4v) is 3.08. The van der Waals surface area contributed by atoms with Gasteiger partial charge in [0.05, 0.1) is 13.5 Å². The number of esters is 1. The van der Waals surface area contributed by atoms with Crippen LogP contribution in [-0.4, -0.2) is 60.9 Å². The minimum atomic E-state index is -0.363. The molecule has 0 spiro atoms. The van der Waals surface area contributed by atoms with Crippen molar-refractivity contribution in [3.63, 3.8) is 0 Å². The van der Waals surface area contributed by atoms with E-state index in [2.05, 4.69) is 4.74 Å². The molecule has 0 bridgehead atoms. The third-order valence-electron chi connectivity index (χ3n) is 4.42. The first-order valence-electron chi connectivity index (χ1n) is 7.75. The Bertz CT molecular complexity index is 396. The molecule has 1 saturated carbocycles. The lowest BCUT2D eigenvalue weighted by molar-refractivity contribution is -0.145. The first-order valence-corrected chi connectivity index (χ1v) is 7.75. The lowest BCUT2D eigenvalue weighted by atomic mass is 10.1. The Morgan fingerprint density at radius 2 is 1.52 bits per heavy atom. The zero-order valence-electron chi connectivity index (χ0n) is 12.7. The van der Waals surface area contributed by atoms with Crippen molar-refractivity contribution in [3.8, 4) is 0 Å². The van der Waals surface area contributed by atoms with Crippen LogP contribution in [0.2, 0.25) is 0 Å². The van der Waals surface area contributed by atoms with Gasteiger partial charge in [0.15, 0.2) is 0 Å². The summed E-state index contributed by atoms with van der Waals surface area (Å²) in [5.74, 6) is 0.0625. The van der Waals surface area contributed by atoms with Crippen LogP contribution >= 0.6 is 0 Å². The molecular weight excluding hydrogens is 272 g/mol. The maximum atomic E-state index is 12.3. The van der Waals surface area contributed by atoms with Crippen molar-refractivity contribution < 1.29 is 19.1 Å². The topological polar surface area (TPSA) is 66.9 Å². The summed E-state index contributed by atoms with van der Waals surface area (Å²) < 4.78 is 4.53. The molecule has 0 atom stereocenters. The molecule has 1 heterocycles. The first-order chi connectivity index (χ1) is 10.1. The van der Waals surface area contributed by atoms with Crippen molar-refractivity contribution in [3.05, 3.63) is 0 Å². The summed E-state index contributed by atoms with van der Waals surface area (Å²) in [5.41, 5.74) is 0. The van der Waals surface area contributed by atoms with Crippen molar-refractivity contribution in [2.45, 2.75) is 38.5 Å². The molecule has 2 amide bonds. The number of amides is 2. The largest absolute Gasteiger partial charge is 0.469 e. The highest BCUT2D eigenvalue weighted by Gasteiger charge is 2.30. The van der Waals surface area contributed by atoms with E-state index in [0.717, 1.165) is 25.7 Å². The highest BCUT2D eigenvalue weighted by atomic mass is 16.5. The number of hydrogen-bond donors (Lipinski definition) is 0. The van der Waals surface area contributed by atoms with E-state index in [4.69, 9.17) is 0 Å². The number of nitrogens with zero attached hydrogens (tertiary/aromatic N) is 2. The van der Waals surface area contributed by atoms with Crippen LogP contribution in [0, 0.1) is 5.92 Å². The molecule has 6 heteroatoms. The van der Waals surface area contributed by atoms with Gasteiger partial charge in [0, 0.05) is 38.5 Å². The van der Waals surface area contributed by atoms with E-state index in [0.29, 0.717) is 26.2 Å². The lowest BCUT2D eigenvalue weighted by Crippen LogP contribution is -2.51. The standard InChI is InChI=1S/C15H24N2O4/c1-21-14(19)7-6-13(18)16-8-10-17(11-9-16)15(20)12-4-2-3-5-12/h12H,2-11H2,1H3. The van der Waals surface area contributed by atoms with Crippen molar-refractivity contribution in [1.29, 1.82) is 0 Å². The van der Waals surface area contributed by atoms with E-state index in [9.17, 15) is 14.4 Å². The summed E-state index contributed by atoms with van der Waals surface area (Å²) in [6.07, 6.45) is 4.64. The van der Waals surface area contributed by atoms with Crippen LogP contribution in [-0.2, 0) is 19.1 Å². The Kier molecular flexibility index (Phi) is 5.59. The van der Waals surface area contributed by atoms with Crippen LogP contribution in [0.15, 0.2) is 0 Å². The van der Waals surface area contributed by atoms with Crippen LogP contribution < -0.4 is 0 Å². The Balaban J connectivity index is 1.73. The average Bonchev–Trinajstić information content (AvgIpc) is 3.06. The maximum Gasteiger partial charge on any atom is 0.306 e. The molecule has 1 aliphatic heterocycles. The van der Waals surface area contributed by atoms with Gasteiger partial charge in [-0.3, -0.25) is 14.4 Å². The number of rotatable bonds is 4. The number of carbonyl (C=O) groups excluding carboxylic acids is 3. The van der Waals surface area contributed by atoms with Gasteiger partial charge < -0.3 is 14.5 Å². The molecule has 0 aromatic heterocycles. The molecule has 1 saturated heterocycles. The van der Waals surface area contributed by atoms with Crippen molar-refractivity contribution in [2.75, 3.05) is 33.3 Å². The third kappa shape index (κ3) is 4.19. The molecule has 21 heavy (non-hydrogen) atoms. The molecule has 118 valence electrons. The van der Waals surface area contributed by atoms with Gasteiger partial charge in [0.1, 0.15) is 0 Å². The zero-order valence-corrected chi connectivity index (χ0v) is 12.7. The fourth-order valence-electron chi connectivity index (χ4n) is 3.08. The molecule has 0 radical (unpaired) electrons. The predicted molar refractivity (Wildman–Crippen MR) is 76.4 cm³/mol. The number of carbonyl (C=O) groups is 3. The summed E-state index contributed by atoms with van der Waals surface area (Å²) in [4.78, 5) is 38.9. The van der Waals surface area contributed by atoms with E-state index >= 15 is 0 Å². The molecule has 1 aliphatic carbocycles. The normalized spacial score (nSPS) is 19.7. The zero-order chi connectivity index (χ0) is 15.2. The SMILES string of the molecule is COC(=O)CCC(=O)N1CCN(C(=O)C2CCCC2)CC1. The predicted octanol–water partition coefficient (Wildman–Crippen LogP) is 0.801. The molecular formula is C15H24N2O4. The molecule has 0 aromatic carbocycles. The van der Waals surface area contributed by atoms with Gasteiger partial charge in [0.25, 0.3) is 0 Å². The average molecular weight is 296 g/mol. The molecule has 0 N–H and O–H groups in total. The molecule has 6 nitrogen and oxygen atoms in total. The maximum absolute atomic E-state index is 12.3. The second-order valence-corrected chi connectivity index (χ2v) is 5.76. The Morgan fingerprint density at radius 1 is 0.952 bits per heavy atom. The summed E-state index contributed by atoms with van der Waals surface area (Å²) >= 11 is 0. The van der Waals surface area contributed by atoms with Gasteiger partial charge in [-0.1, -0.05) is 12.8 Å². The summed E-state index contributed by atoms with van der Waals surface area (Å²) in [6.45, 7) is 2.36. The van der Waals surface area contributed by atoms with Crippen LogP contribution in [0.4, 0.5) is 0 Å². The van der Waals surface area contributed by atoms with Gasteiger partial charge in [-0.25, -0.2) is 0 Å². The molecule has 0 unspecified atom stereocenters. The van der Waals surface area contributed by atoms with Crippen molar-refractivity contribution >= 4 is 17.8 Å². The fraction of sp³-hybridized carbons (Fsp3) is 0.800. The summed E-state index contributed by atoms with van der Waals surface area (Å²) in [7, 11) is 1.32. The number of hydrogen-bond acceptors (Lipinski definition) is 4. The van der Waals surface area contributed by atoms with Gasteiger partial charge in [-0.2, -0.15) is 0 Å². The van der Waals surface area contributed by atoms with E-state index in [1.54, 1.807) is 4.90 Å². The van der Waals surface area contributed by atoms with Crippen molar-refractivity contribution in [2.24, 2.45) is 5.92 Å². The molecule has 2 rings (SSSR count). The van der Waals surface area contributed by atoms with E-state index < -0.39 is 0 Å². The second-order valence-electron chi connectivity index (χ2n) is 5.76. The molecule has 2 fully saturated rings. The van der Waals surface area contributed by atoms with E-state index in [-0.39, 0.29) is 36.5 Å². The number of piperazine rings is 1. The van der Waals surface area contributed by atoms with Crippen LogP contribution in [0.1, 0.15) is 38.5 Å². The highest BCUT2D eigenvalue weighted by molar-refractivity contribution is 5.82. The van der Waals surface area contributed by atoms with Crippen LogP contribution in [0.25, 0.3) is 0 Å². The third-order valence-corrected chi connectivity index (χ3v) is 4.42. The summed E-state index contributed by atoms with van der Waals surface area (Å²) in [6, 6.07) is 0. The minimum Gasteiger partial charge on any atom is -0.469 e. The second kappa shape index (κ2) is 7.43. The van der Waals surface area contributed by atoms with Gasteiger partial charge in [-0.05, 0) is 12.8 Å². The minimum absolute atomic E-state index is 0.0339. The van der Waals surface area contributed by atoms with E-state index in [1.165, 1.54) is 7.11 Å². The monoisotopic (exact) mass is 296 g/mol. The van der Waals surface area contributed by atoms with Gasteiger partial charge in [-0.15, -0.1) is 0 Å². The molecule has 2 aliphatic rings. The summed E-state index contributed by atoms with van der Waals surface area (Å²) in [5, 5.41) is 0. The van der Waals surface area contributed by atoms with Gasteiger partial charge >= 0.3 is 5.97 Å². The number of ether oxygens (including phenoxy) is 1. The smallest absolute Gasteiger partial charge is 0.306 e. The number of methoxy groups -OCH3 is 1. The van der Waals surface area contributed by atoms with Crippen LogP contribution in [0.3, 0.4) is 0 Å². The van der Waals surface area contributed by atoms with Crippen LogP contribution in [0.5, 0.6) is 0 Å². The Labute approximate surface area is 125 Å². The van der Waals surface area contributed by atoms with Crippen molar-refractivity contribution in [1.82, 2.24) is 9.80 Å². The van der Waals surface area contributed by atoms with E-state index in [1.807, 2.05) is 4.90 Å². The first kappa shape index (κ1) is 15.8. The Morgan fingerprint density at radius 3 is 2.10 bits per heavy atom. The highest BCUT2D eigenvalue weighted by Crippen LogP contribution is 2.26. The lowest BCUT2D eigenvalue weighted by Gasteiger charge is -2.36. The van der Waals surface area contributed by atoms with Gasteiger partial charge in [0.2, 0.25) is 11.8 Å². The quantitative estimate of drug-likeness (QED) is 0.720.